The van der Waals surface area contributed by atoms with Crippen LogP contribution < -0.4 is 15.2 Å². The van der Waals surface area contributed by atoms with Crippen LogP contribution in [0, 0.1) is 34.8 Å². The second kappa shape index (κ2) is 9.77. The Morgan fingerprint density at radius 2 is 1.79 bits per heavy atom. The van der Waals surface area contributed by atoms with Crippen molar-refractivity contribution in [1.29, 1.82) is 0 Å². The molecule has 0 aliphatic heterocycles. The van der Waals surface area contributed by atoms with Crippen LogP contribution >= 0.6 is 0 Å². The molecule has 0 bridgehead atoms. The minimum atomic E-state index is -0.982. The highest BCUT2D eigenvalue weighted by atomic mass is 19.1. The fourth-order valence-corrected chi connectivity index (χ4v) is 2.91. The number of benzene rings is 1. The molecule has 0 spiro atoms. The Hall–Kier alpha value is -3.80. The van der Waals surface area contributed by atoms with Crippen molar-refractivity contribution in [3.05, 3.63) is 75.9 Å². The van der Waals surface area contributed by atoms with Crippen LogP contribution in [0.15, 0.2) is 41.3 Å². The third-order valence-electron chi connectivity index (χ3n) is 4.24. The predicted octanol–water partition coefficient (Wildman–Crippen LogP) is 4.84. The molecule has 9 heteroatoms. The molecule has 172 valence electrons. The Balaban J connectivity index is 1.79. The van der Waals surface area contributed by atoms with Crippen molar-refractivity contribution in [1.82, 2.24) is 14.5 Å². The third kappa shape index (κ3) is 6.35. The van der Waals surface area contributed by atoms with Gasteiger partial charge in [0.25, 0.3) is 0 Å². The normalized spacial score (nSPS) is 11.0. The van der Waals surface area contributed by atoms with Gasteiger partial charge in [-0.15, -0.1) is 0 Å². The molecule has 1 aromatic carbocycles. The second-order valence-electron chi connectivity index (χ2n) is 8.38. The number of nitrogens with zero attached hydrogens (tertiary/aromatic N) is 3. The van der Waals surface area contributed by atoms with Gasteiger partial charge >= 0.3 is 5.69 Å². The molecule has 0 unspecified atom stereocenters. The number of hydrogen-bond acceptors (Lipinski definition) is 5. The highest BCUT2D eigenvalue weighted by Gasteiger charge is 2.17. The van der Waals surface area contributed by atoms with E-state index in [4.69, 9.17) is 9.47 Å². The van der Waals surface area contributed by atoms with E-state index in [9.17, 15) is 18.0 Å². The van der Waals surface area contributed by atoms with E-state index in [1.165, 1.54) is 16.7 Å². The molecule has 0 N–H and O–H groups in total. The SMILES string of the molecule is CC#Cc1cc(OCc2cc(F)c(Oc3ccc(F)nc3)c(F)c2)nc(=O)n1CC(C)(C)C. The molecule has 0 fully saturated rings. The summed E-state index contributed by atoms with van der Waals surface area (Å²) in [4.78, 5) is 19.8. The number of pyridine rings is 1. The number of rotatable bonds is 6. The summed E-state index contributed by atoms with van der Waals surface area (Å²) in [5.74, 6) is 2.20. The quantitative estimate of drug-likeness (QED) is 0.391. The first kappa shape index (κ1) is 23.9. The molecule has 2 heterocycles. The van der Waals surface area contributed by atoms with Gasteiger partial charge in [0.05, 0.1) is 6.20 Å². The van der Waals surface area contributed by atoms with Crippen LogP contribution in [0.5, 0.6) is 17.4 Å². The Bertz CT molecular complexity index is 1250. The van der Waals surface area contributed by atoms with Crippen LogP contribution in [0.25, 0.3) is 0 Å². The summed E-state index contributed by atoms with van der Waals surface area (Å²) in [6.07, 6.45) is 1.01. The lowest BCUT2D eigenvalue weighted by Crippen LogP contribution is -2.30. The fraction of sp³-hybridized carbons (Fsp3) is 0.292. The van der Waals surface area contributed by atoms with Crippen molar-refractivity contribution in [3.63, 3.8) is 0 Å². The van der Waals surface area contributed by atoms with E-state index in [2.05, 4.69) is 21.8 Å². The second-order valence-corrected chi connectivity index (χ2v) is 8.38. The highest BCUT2D eigenvalue weighted by Crippen LogP contribution is 2.29. The third-order valence-corrected chi connectivity index (χ3v) is 4.24. The maximum Gasteiger partial charge on any atom is 0.351 e. The molecule has 0 aliphatic carbocycles. The zero-order valence-corrected chi connectivity index (χ0v) is 18.6. The Labute approximate surface area is 189 Å². The first-order chi connectivity index (χ1) is 15.6. The lowest BCUT2D eigenvalue weighted by Gasteiger charge is -2.21. The zero-order chi connectivity index (χ0) is 24.2. The summed E-state index contributed by atoms with van der Waals surface area (Å²) < 4.78 is 53.9. The van der Waals surface area contributed by atoms with Crippen LogP contribution in [0.3, 0.4) is 0 Å². The smallest absolute Gasteiger partial charge is 0.351 e. The molecule has 6 nitrogen and oxygen atoms in total. The van der Waals surface area contributed by atoms with Crippen molar-refractivity contribution >= 4 is 0 Å². The first-order valence-electron chi connectivity index (χ1n) is 10.0. The van der Waals surface area contributed by atoms with E-state index in [0.717, 1.165) is 24.4 Å². The van der Waals surface area contributed by atoms with Gasteiger partial charge in [-0.2, -0.15) is 9.37 Å². The van der Waals surface area contributed by atoms with Gasteiger partial charge in [-0.3, -0.25) is 4.57 Å². The van der Waals surface area contributed by atoms with Gasteiger partial charge in [0, 0.05) is 12.6 Å². The number of hydrogen-bond donors (Lipinski definition) is 0. The molecule has 33 heavy (non-hydrogen) atoms. The molecule has 0 saturated carbocycles. The van der Waals surface area contributed by atoms with Crippen LogP contribution in [0.2, 0.25) is 0 Å². The van der Waals surface area contributed by atoms with Gasteiger partial charge in [-0.05, 0) is 48.1 Å². The summed E-state index contributed by atoms with van der Waals surface area (Å²) in [6, 6.07) is 5.77. The van der Waals surface area contributed by atoms with E-state index in [-0.39, 0.29) is 29.2 Å². The minimum absolute atomic E-state index is 0.0126. The molecule has 0 aliphatic rings. The summed E-state index contributed by atoms with van der Waals surface area (Å²) in [5, 5.41) is 0. The lowest BCUT2D eigenvalue weighted by atomic mass is 9.97. The van der Waals surface area contributed by atoms with Crippen LogP contribution in [-0.2, 0) is 13.2 Å². The van der Waals surface area contributed by atoms with Crippen molar-refractivity contribution < 1.29 is 22.6 Å². The summed E-state index contributed by atoms with van der Waals surface area (Å²) in [6.45, 7) is 7.75. The Kier molecular flexibility index (Phi) is 7.07. The number of halogens is 3. The van der Waals surface area contributed by atoms with Gasteiger partial charge in [0.15, 0.2) is 17.4 Å². The Morgan fingerprint density at radius 3 is 2.36 bits per heavy atom. The molecule has 3 aromatic rings. The molecular weight excluding hydrogens is 435 g/mol. The molecule has 0 saturated heterocycles. The molecule has 2 aromatic heterocycles. The van der Waals surface area contributed by atoms with Crippen LogP contribution in [0.1, 0.15) is 39.0 Å². The monoisotopic (exact) mass is 457 g/mol. The van der Waals surface area contributed by atoms with E-state index >= 15 is 0 Å². The number of aromatic nitrogens is 3. The maximum absolute atomic E-state index is 14.4. The molecule has 0 radical (unpaired) electrons. The van der Waals surface area contributed by atoms with E-state index in [1.54, 1.807) is 6.92 Å². The average Bonchev–Trinajstić information content (AvgIpc) is 2.72. The fourth-order valence-electron chi connectivity index (χ4n) is 2.91. The minimum Gasteiger partial charge on any atom is -0.473 e. The number of ether oxygens (including phenoxy) is 2. The molecule has 0 amide bonds. The largest absolute Gasteiger partial charge is 0.473 e. The zero-order valence-electron chi connectivity index (χ0n) is 18.6. The summed E-state index contributed by atoms with van der Waals surface area (Å²) in [5.41, 5.74) is -0.134. The van der Waals surface area contributed by atoms with E-state index in [1.807, 2.05) is 20.8 Å². The maximum atomic E-state index is 14.4. The molecule has 3 rings (SSSR count). The standard InChI is InChI=1S/C24H22F3N3O3/c1-5-6-16-11-21(29-23(31)30(16)14-24(2,3)4)32-13-15-9-18(25)22(19(26)10-15)33-17-7-8-20(27)28-12-17/h7-12H,13-14H2,1-4H3. The van der Waals surface area contributed by atoms with Crippen LogP contribution in [0.4, 0.5) is 13.2 Å². The van der Waals surface area contributed by atoms with Gasteiger partial charge in [0.2, 0.25) is 11.8 Å². The van der Waals surface area contributed by atoms with E-state index in [0.29, 0.717) is 12.2 Å². The van der Waals surface area contributed by atoms with Crippen molar-refractivity contribution in [3.8, 4) is 29.2 Å². The van der Waals surface area contributed by atoms with Crippen molar-refractivity contribution in [2.24, 2.45) is 5.41 Å². The van der Waals surface area contributed by atoms with Gasteiger partial charge in [-0.1, -0.05) is 26.7 Å². The van der Waals surface area contributed by atoms with Gasteiger partial charge < -0.3 is 9.47 Å². The lowest BCUT2D eigenvalue weighted by molar-refractivity contribution is 0.284. The van der Waals surface area contributed by atoms with Gasteiger partial charge in [0.1, 0.15) is 18.1 Å². The van der Waals surface area contributed by atoms with Crippen molar-refractivity contribution in [2.45, 2.75) is 40.8 Å². The molecule has 0 atom stereocenters. The van der Waals surface area contributed by atoms with Crippen LogP contribution in [-0.4, -0.2) is 14.5 Å². The summed E-state index contributed by atoms with van der Waals surface area (Å²) in [7, 11) is 0. The van der Waals surface area contributed by atoms with Gasteiger partial charge in [-0.25, -0.2) is 18.6 Å². The Morgan fingerprint density at radius 1 is 1.09 bits per heavy atom. The predicted molar refractivity (Wildman–Crippen MR) is 115 cm³/mol. The summed E-state index contributed by atoms with van der Waals surface area (Å²) >= 11 is 0. The topological polar surface area (TPSA) is 66.2 Å². The van der Waals surface area contributed by atoms with Crippen molar-refractivity contribution in [2.75, 3.05) is 0 Å². The first-order valence-corrected chi connectivity index (χ1v) is 10.0. The highest BCUT2D eigenvalue weighted by molar-refractivity contribution is 5.35. The van der Waals surface area contributed by atoms with E-state index < -0.39 is 29.0 Å². The average molecular weight is 457 g/mol. The molecular formula is C24H22F3N3O3.